The molecule has 0 unspecified atom stereocenters. The molecule has 11 heavy (non-hydrogen) atoms. The molecule has 68 valence electrons. The predicted molar refractivity (Wildman–Crippen MR) is 54.0 cm³/mol. The number of unbranched alkanes of at least 4 members (excludes halogenated alkanes) is 3. The molecule has 0 aromatic carbocycles. The third-order valence-electron chi connectivity index (χ3n) is 1.01. The fraction of sp³-hybridized carbons (Fsp3) is 0.800. The molecule has 0 fully saturated rings. The van der Waals surface area contributed by atoms with E-state index in [9.17, 15) is 0 Å². The maximum Gasteiger partial charge on any atom is -0.0140 e. The molecule has 0 atom stereocenters. The molecule has 0 heterocycles. The SMILES string of the molecule is C=CCCCCC.CN(C)C. The van der Waals surface area contributed by atoms with Crippen LogP contribution in [-0.4, -0.2) is 26.0 Å². The highest BCUT2D eigenvalue weighted by molar-refractivity contribution is 4.64. The normalized spacial score (nSPS) is 8.82. The van der Waals surface area contributed by atoms with Crippen molar-refractivity contribution in [2.24, 2.45) is 0 Å². The molecule has 0 amide bonds. The van der Waals surface area contributed by atoms with Crippen molar-refractivity contribution < 1.29 is 0 Å². The van der Waals surface area contributed by atoms with Gasteiger partial charge in [-0.3, -0.25) is 0 Å². The third kappa shape index (κ3) is 42.0. The van der Waals surface area contributed by atoms with Crippen LogP contribution < -0.4 is 0 Å². The second-order valence-corrected chi connectivity index (χ2v) is 3.13. The Morgan fingerprint density at radius 1 is 1.18 bits per heavy atom. The lowest BCUT2D eigenvalue weighted by Crippen LogP contribution is -1.99. The Morgan fingerprint density at radius 3 is 1.91 bits per heavy atom. The summed E-state index contributed by atoms with van der Waals surface area (Å²) in [6.07, 6.45) is 7.16. The van der Waals surface area contributed by atoms with Crippen molar-refractivity contribution in [3.8, 4) is 0 Å². The number of hydrogen-bond donors (Lipinski definition) is 0. The molecule has 0 bridgehead atoms. The Balaban J connectivity index is 0. The third-order valence-corrected chi connectivity index (χ3v) is 1.01. The van der Waals surface area contributed by atoms with Gasteiger partial charge in [-0.25, -0.2) is 0 Å². The molecule has 0 spiro atoms. The molecule has 1 nitrogen and oxygen atoms in total. The van der Waals surface area contributed by atoms with Crippen LogP contribution in [0, 0.1) is 0 Å². The van der Waals surface area contributed by atoms with Crippen molar-refractivity contribution in [3.63, 3.8) is 0 Å². The molecule has 0 aliphatic rings. The van der Waals surface area contributed by atoms with E-state index in [0.717, 1.165) is 0 Å². The highest BCUT2D eigenvalue weighted by Gasteiger charge is 1.77. The molecule has 0 aliphatic carbocycles. The molecular formula is C10H23N. The summed E-state index contributed by atoms with van der Waals surface area (Å²) in [5.41, 5.74) is 0. The van der Waals surface area contributed by atoms with Gasteiger partial charge in [0.15, 0.2) is 0 Å². The summed E-state index contributed by atoms with van der Waals surface area (Å²) in [7, 11) is 6.00. The second-order valence-electron chi connectivity index (χ2n) is 3.13. The standard InChI is InChI=1S/C7H14.C3H9N/c1-3-5-7-6-4-2;1-4(2)3/h3H,1,4-7H2,2H3;1-3H3. The second kappa shape index (κ2) is 12.4. The molecule has 0 aromatic rings. The van der Waals surface area contributed by atoms with Crippen molar-refractivity contribution in [1.29, 1.82) is 0 Å². The van der Waals surface area contributed by atoms with E-state index in [1.54, 1.807) is 0 Å². The van der Waals surface area contributed by atoms with Gasteiger partial charge < -0.3 is 4.90 Å². The molecule has 0 aromatic heterocycles. The minimum Gasteiger partial charge on any atom is -0.312 e. The first kappa shape index (κ1) is 13.3. The Hall–Kier alpha value is -0.300. The van der Waals surface area contributed by atoms with E-state index in [0.29, 0.717) is 0 Å². The maximum atomic E-state index is 3.63. The van der Waals surface area contributed by atoms with E-state index in [2.05, 4.69) is 13.5 Å². The quantitative estimate of drug-likeness (QED) is 0.448. The Bertz CT molecular complexity index is 64.5. The fourth-order valence-corrected chi connectivity index (χ4v) is 0.539. The predicted octanol–water partition coefficient (Wildman–Crippen LogP) is 2.93. The van der Waals surface area contributed by atoms with Gasteiger partial charge >= 0.3 is 0 Å². The van der Waals surface area contributed by atoms with E-state index in [1.807, 2.05) is 32.1 Å². The highest BCUT2D eigenvalue weighted by atomic mass is 15.0. The van der Waals surface area contributed by atoms with Gasteiger partial charge in [-0.05, 0) is 34.0 Å². The smallest absolute Gasteiger partial charge is 0.0140 e. The minimum absolute atomic E-state index is 1.19. The summed E-state index contributed by atoms with van der Waals surface area (Å²) in [4.78, 5) is 2.00. The van der Waals surface area contributed by atoms with Crippen LogP contribution in [-0.2, 0) is 0 Å². The molecule has 0 saturated carbocycles. The fourth-order valence-electron chi connectivity index (χ4n) is 0.539. The largest absolute Gasteiger partial charge is 0.312 e. The van der Waals surface area contributed by atoms with Crippen LogP contribution in [0.25, 0.3) is 0 Å². The van der Waals surface area contributed by atoms with E-state index >= 15 is 0 Å². The first-order valence-corrected chi connectivity index (χ1v) is 4.37. The Labute approximate surface area is 72.1 Å². The average Bonchev–Trinajstić information content (AvgIpc) is 1.88. The van der Waals surface area contributed by atoms with Gasteiger partial charge in [-0.15, -0.1) is 6.58 Å². The van der Waals surface area contributed by atoms with Crippen LogP contribution in [0.15, 0.2) is 12.7 Å². The van der Waals surface area contributed by atoms with Crippen molar-refractivity contribution in [2.45, 2.75) is 32.6 Å². The number of allylic oxidation sites excluding steroid dienone is 1. The van der Waals surface area contributed by atoms with E-state index in [1.165, 1.54) is 25.7 Å². The van der Waals surface area contributed by atoms with Crippen LogP contribution in [0.2, 0.25) is 0 Å². The molecule has 0 aliphatic heterocycles. The van der Waals surface area contributed by atoms with Crippen molar-refractivity contribution in [1.82, 2.24) is 4.90 Å². The lowest BCUT2D eigenvalue weighted by atomic mass is 10.2. The molecular weight excluding hydrogens is 134 g/mol. The monoisotopic (exact) mass is 157 g/mol. The Morgan fingerprint density at radius 2 is 1.64 bits per heavy atom. The summed E-state index contributed by atoms with van der Waals surface area (Å²) >= 11 is 0. The summed E-state index contributed by atoms with van der Waals surface area (Å²) in [5, 5.41) is 0. The van der Waals surface area contributed by atoms with E-state index in [-0.39, 0.29) is 0 Å². The maximum absolute atomic E-state index is 3.63. The number of nitrogens with zero attached hydrogens (tertiary/aromatic N) is 1. The molecule has 0 N–H and O–H groups in total. The summed E-state index contributed by atoms with van der Waals surface area (Å²) in [5.74, 6) is 0. The first-order valence-electron chi connectivity index (χ1n) is 4.37. The van der Waals surface area contributed by atoms with Gasteiger partial charge in [0, 0.05) is 0 Å². The summed E-state index contributed by atoms with van der Waals surface area (Å²) < 4.78 is 0. The first-order chi connectivity index (χ1) is 5.15. The van der Waals surface area contributed by atoms with Crippen molar-refractivity contribution in [2.75, 3.05) is 21.1 Å². The van der Waals surface area contributed by atoms with Gasteiger partial charge in [-0.2, -0.15) is 0 Å². The lowest BCUT2D eigenvalue weighted by Gasteiger charge is -1.90. The zero-order valence-electron chi connectivity index (χ0n) is 8.56. The van der Waals surface area contributed by atoms with Crippen LogP contribution in [0.3, 0.4) is 0 Å². The molecule has 0 saturated heterocycles. The van der Waals surface area contributed by atoms with Gasteiger partial charge in [-0.1, -0.05) is 25.8 Å². The van der Waals surface area contributed by atoms with E-state index < -0.39 is 0 Å². The van der Waals surface area contributed by atoms with Crippen molar-refractivity contribution in [3.05, 3.63) is 12.7 Å². The molecule has 0 rings (SSSR count). The summed E-state index contributed by atoms with van der Waals surface area (Å²) in [6.45, 7) is 5.84. The van der Waals surface area contributed by atoms with Crippen molar-refractivity contribution >= 4 is 0 Å². The van der Waals surface area contributed by atoms with E-state index in [4.69, 9.17) is 0 Å². The van der Waals surface area contributed by atoms with Crippen LogP contribution in [0.5, 0.6) is 0 Å². The minimum atomic E-state index is 1.19. The molecule has 0 radical (unpaired) electrons. The number of rotatable bonds is 4. The zero-order chi connectivity index (χ0) is 9.11. The Kier molecular flexibility index (Phi) is 15.0. The van der Waals surface area contributed by atoms with Gasteiger partial charge in [0.1, 0.15) is 0 Å². The molecule has 1 heteroatoms. The van der Waals surface area contributed by atoms with Crippen LogP contribution >= 0.6 is 0 Å². The van der Waals surface area contributed by atoms with Gasteiger partial charge in [0.2, 0.25) is 0 Å². The van der Waals surface area contributed by atoms with Crippen LogP contribution in [0.1, 0.15) is 32.6 Å². The van der Waals surface area contributed by atoms with Crippen LogP contribution in [0.4, 0.5) is 0 Å². The topological polar surface area (TPSA) is 3.24 Å². The van der Waals surface area contributed by atoms with Gasteiger partial charge in [0.05, 0.1) is 0 Å². The van der Waals surface area contributed by atoms with Gasteiger partial charge in [0.25, 0.3) is 0 Å². The zero-order valence-corrected chi connectivity index (χ0v) is 8.56. The average molecular weight is 157 g/mol. The highest BCUT2D eigenvalue weighted by Crippen LogP contribution is 1.97. The number of hydrogen-bond acceptors (Lipinski definition) is 1. The summed E-state index contributed by atoms with van der Waals surface area (Å²) in [6, 6.07) is 0. The lowest BCUT2D eigenvalue weighted by molar-refractivity contribution is 0.505.